The Morgan fingerprint density at radius 2 is 1.93 bits per heavy atom. The van der Waals surface area contributed by atoms with Crippen LogP contribution in [0.1, 0.15) is 0 Å². The van der Waals surface area contributed by atoms with Gasteiger partial charge in [0.2, 0.25) is 0 Å². The first-order valence-electron chi connectivity index (χ1n) is 4.01. The second-order valence-corrected chi connectivity index (χ2v) is 4.61. The van der Waals surface area contributed by atoms with Gasteiger partial charge in [-0.2, -0.15) is 0 Å². The van der Waals surface area contributed by atoms with Crippen molar-refractivity contribution in [3.8, 4) is 16.2 Å². The lowest BCUT2D eigenvalue weighted by molar-refractivity contribution is 0.471. The van der Waals surface area contributed by atoms with Crippen LogP contribution in [0.3, 0.4) is 0 Å². The van der Waals surface area contributed by atoms with Gasteiger partial charge in [-0.15, -0.1) is 11.3 Å². The van der Waals surface area contributed by atoms with Crippen LogP contribution in [-0.4, -0.2) is 5.11 Å². The van der Waals surface area contributed by atoms with Crippen molar-refractivity contribution < 1.29 is 9.50 Å². The Bertz CT molecular complexity index is 510. The van der Waals surface area contributed by atoms with Gasteiger partial charge in [-0.1, -0.05) is 23.2 Å². The van der Waals surface area contributed by atoms with Crippen molar-refractivity contribution in [3.63, 3.8) is 0 Å². The summed E-state index contributed by atoms with van der Waals surface area (Å²) < 4.78 is 13.0. The molecule has 0 spiro atoms. The van der Waals surface area contributed by atoms with E-state index in [4.69, 9.17) is 23.2 Å². The molecule has 1 heterocycles. The van der Waals surface area contributed by atoms with Gasteiger partial charge in [0.25, 0.3) is 0 Å². The fraction of sp³-hybridized carbons (Fsp3) is 0. The molecule has 0 atom stereocenters. The second kappa shape index (κ2) is 4.00. The normalized spacial score (nSPS) is 10.6. The average molecular weight is 263 g/mol. The standard InChI is InChI=1S/C10H5Cl2FOS/c11-6-1-2-15-10(6)5-3-7(12)8(13)4-9(5)14/h1-4,14H. The maximum absolute atomic E-state index is 13.0. The molecule has 0 saturated heterocycles. The molecule has 0 radical (unpaired) electrons. The molecule has 15 heavy (non-hydrogen) atoms. The van der Waals surface area contributed by atoms with Crippen LogP contribution in [0.4, 0.5) is 4.39 Å². The number of aromatic hydroxyl groups is 1. The predicted octanol–water partition coefficient (Wildman–Crippen LogP) is 4.57. The van der Waals surface area contributed by atoms with Gasteiger partial charge in [0.05, 0.1) is 14.9 Å². The Kier molecular flexibility index (Phi) is 2.87. The first kappa shape index (κ1) is 10.7. The van der Waals surface area contributed by atoms with Crippen molar-refractivity contribution >= 4 is 34.5 Å². The fourth-order valence-electron chi connectivity index (χ4n) is 1.20. The predicted molar refractivity (Wildman–Crippen MR) is 61.4 cm³/mol. The SMILES string of the molecule is Oc1cc(F)c(Cl)cc1-c1sccc1Cl. The van der Waals surface area contributed by atoms with Crippen LogP contribution < -0.4 is 0 Å². The number of thiophene rings is 1. The van der Waals surface area contributed by atoms with Crippen molar-refractivity contribution in [2.45, 2.75) is 0 Å². The monoisotopic (exact) mass is 262 g/mol. The summed E-state index contributed by atoms with van der Waals surface area (Å²) in [6, 6.07) is 4.05. The van der Waals surface area contributed by atoms with Gasteiger partial charge in [-0.05, 0) is 17.5 Å². The van der Waals surface area contributed by atoms with Crippen molar-refractivity contribution in [1.82, 2.24) is 0 Å². The Morgan fingerprint density at radius 3 is 2.53 bits per heavy atom. The molecular weight excluding hydrogens is 258 g/mol. The average Bonchev–Trinajstić information content (AvgIpc) is 2.58. The minimum Gasteiger partial charge on any atom is -0.507 e. The number of hydrogen-bond acceptors (Lipinski definition) is 2. The van der Waals surface area contributed by atoms with E-state index in [1.807, 2.05) is 0 Å². The summed E-state index contributed by atoms with van der Waals surface area (Å²) in [4.78, 5) is 0.677. The maximum Gasteiger partial charge on any atom is 0.145 e. The molecule has 0 aliphatic heterocycles. The van der Waals surface area contributed by atoms with Gasteiger partial charge < -0.3 is 5.11 Å². The van der Waals surface area contributed by atoms with Crippen LogP contribution in [-0.2, 0) is 0 Å². The third-order valence-corrected chi connectivity index (χ3v) is 3.56. The Balaban J connectivity index is 2.64. The van der Waals surface area contributed by atoms with Gasteiger partial charge in [0.1, 0.15) is 11.6 Å². The molecule has 0 aliphatic rings. The second-order valence-electron chi connectivity index (χ2n) is 2.88. The summed E-state index contributed by atoms with van der Waals surface area (Å²) in [6.45, 7) is 0. The third-order valence-electron chi connectivity index (χ3n) is 1.90. The first-order valence-corrected chi connectivity index (χ1v) is 5.64. The van der Waals surface area contributed by atoms with E-state index < -0.39 is 5.82 Å². The highest BCUT2D eigenvalue weighted by Crippen LogP contribution is 2.40. The summed E-state index contributed by atoms with van der Waals surface area (Å²) in [7, 11) is 0. The zero-order chi connectivity index (χ0) is 11.0. The van der Waals surface area contributed by atoms with Crippen LogP contribution in [0.25, 0.3) is 10.4 Å². The van der Waals surface area contributed by atoms with Crippen LogP contribution in [0.15, 0.2) is 23.6 Å². The Hall–Kier alpha value is -0.770. The molecule has 0 saturated carbocycles. The van der Waals surface area contributed by atoms with E-state index >= 15 is 0 Å². The molecule has 2 rings (SSSR count). The largest absolute Gasteiger partial charge is 0.507 e. The van der Waals surface area contributed by atoms with E-state index in [2.05, 4.69) is 0 Å². The highest BCUT2D eigenvalue weighted by molar-refractivity contribution is 7.14. The number of phenols is 1. The van der Waals surface area contributed by atoms with E-state index in [-0.39, 0.29) is 10.8 Å². The maximum atomic E-state index is 13.0. The molecule has 0 amide bonds. The lowest BCUT2D eigenvalue weighted by Crippen LogP contribution is -1.81. The summed E-state index contributed by atoms with van der Waals surface area (Å²) in [6.07, 6.45) is 0. The first-order chi connectivity index (χ1) is 7.09. The number of benzene rings is 1. The Labute approximate surface area is 99.7 Å². The van der Waals surface area contributed by atoms with Crippen molar-refractivity contribution in [3.05, 3.63) is 39.4 Å². The van der Waals surface area contributed by atoms with Crippen LogP contribution in [0.2, 0.25) is 10.0 Å². The van der Waals surface area contributed by atoms with E-state index in [0.29, 0.717) is 15.5 Å². The van der Waals surface area contributed by atoms with Gasteiger partial charge >= 0.3 is 0 Å². The molecule has 1 N–H and O–H groups in total. The molecule has 1 aromatic heterocycles. The van der Waals surface area contributed by atoms with Crippen LogP contribution in [0.5, 0.6) is 5.75 Å². The van der Waals surface area contributed by atoms with Crippen molar-refractivity contribution in [2.75, 3.05) is 0 Å². The minimum absolute atomic E-state index is 0.0349. The molecule has 78 valence electrons. The number of rotatable bonds is 1. The molecule has 0 aliphatic carbocycles. The zero-order valence-electron chi connectivity index (χ0n) is 7.30. The van der Waals surface area contributed by atoms with Gasteiger partial charge in [-0.25, -0.2) is 4.39 Å². The summed E-state index contributed by atoms with van der Waals surface area (Å²) >= 11 is 12.9. The summed E-state index contributed by atoms with van der Waals surface area (Å²) in [5, 5.41) is 11.8. The molecular formula is C10H5Cl2FOS. The molecule has 0 fully saturated rings. The molecule has 5 heteroatoms. The molecule has 0 unspecified atom stereocenters. The van der Waals surface area contributed by atoms with E-state index in [9.17, 15) is 9.50 Å². The lowest BCUT2D eigenvalue weighted by atomic mass is 10.1. The smallest absolute Gasteiger partial charge is 0.145 e. The van der Waals surface area contributed by atoms with Gasteiger partial charge in [0, 0.05) is 11.6 Å². The third kappa shape index (κ3) is 1.95. The fourth-order valence-corrected chi connectivity index (χ4v) is 2.55. The molecule has 2 aromatic rings. The van der Waals surface area contributed by atoms with Gasteiger partial charge in [-0.3, -0.25) is 0 Å². The van der Waals surface area contributed by atoms with E-state index in [1.54, 1.807) is 11.4 Å². The zero-order valence-corrected chi connectivity index (χ0v) is 9.63. The number of halogens is 3. The quantitative estimate of drug-likeness (QED) is 0.799. The number of phenolic OH excluding ortho intramolecular Hbond substituents is 1. The van der Waals surface area contributed by atoms with Crippen molar-refractivity contribution in [2.24, 2.45) is 0 Å². The number of hydrogen-bond donors (Lipinski definition) is 1. The molecule has 1 nitrogen and oxygen atoms in total. The minimum atomic E-state index is -0.648. The Morgan fingerprint density at radius 1 is 1.20 bits per heavy atom. The van der Waals surface area contributed by atoms with E-state index in [1.165, 1.54) is 17.4 Å². The summed E-state index contributed by atoms with van der Waals surface area (Å²) in [5.41, 5.74) is 0.446. The highest BCUT2D eigenvalue weighted by Gasteiger charge is 2.13. The van der Waals surface area contributed by atoms with E-state index in [0.717, 1.165) is 6.07 Å². The lowest BCUT2D eigenvalue weighted by Gasteiger charge is -2.04. The molecule has 1 aromatic carbocycles. The van der Waals surface area contributed by atoms with Crippen LogP contribution in [0, 0.1) is 5.82 Å². The molecule has 0 bridgehead atoms. The highest BCUT2D eigenvalue weighted by atomic mass is 35.5. The van der Waals surface area contributed by atoms with Crippen LogP contribution >= 0.6 is 34.5 Å². The topological polar surface area (TPSA) is 20.2 Å². The summed E-state index contributed by atoms with van der Waals surface area (Å²) in [5.74, 6) is -0.813. The van der Waals surface area contributed by atoms with Crippen molar-refractivity contribution in [1.29, 1.82) is 0 Å². The van der Waals surface area contributed by atoms with Gasteiger partial charge in [0.15, 0.2) is 0 Å².